The normalized spacial score (nSPS) is 18.4. The van der Waals surface area contributed by atoms with E-state index in [1.165, 1.54) is 39.7 Å². The minimum Gasteiger partial charge on any atom is -0.357 e. The van der Waals surface area contributed by atoms with Gasteiger partial charge in [0.05, 0.1) is 0 Å². The van der Waals surface area contributed by atoms with E-state index in [1.807, 2.05) is 7.05 Å². The van der Waals surface area contributed by atoms with E-state index in [1.54, 1.807) is 4.90 Å². The monoisotopic (exact) mass is 435 g/mol. The van der Waals surface area contributed by atoms with Gasteiger partial charge in [0.15, 0.2) is 0 Å². The van der Waals surface area contributed by atoms with Gasteiger partial charge >= 0.3 is 0 Å². The fourth-order valence-corrected chi connectivity index (χ4v) is 5.57. The molecule has 4 nitrogen and oxygen atoms in total. The Kier molecular flexibility index (Phi) is 4.84. The number of nitrogens with one attached hydrogen (secondary N) is 2. The SMILES string of the molecule is C[C@@H](N[C@@H]1CCCc2c1[nH]c1ccc(-c3ccc4c(c3)C(=O)N(C)C4)cc21)c1ccccc1. The molecule has 33 heavy (non-hydrogen) atoms. The number of carbonyl (C=O) groups excluding carboxylic acids is 1. The highest BCUT2D eigenvalue weighted by molar-refractivity contribution is 5.99. The van der Waals surface area contributed by atoms with E-state index in [0.29, 0.717) is 18.6 Å². The lowest BCUT2D eigenvalue weighted by Crippen LogP contribution is -2.27. The van der Waals surface area contributed by atoms with Crippen molar-refractivity contribution >= 4 is 16.8 Å². The summed E-state index contributed by atoms with van der Waals surface area (Å²) < 4.78 is 0. The quantitative estimate of drug-likeness (QED) is 0.404. The van der Waals surface area contributed by atoms with Crippen molar-refractivity contribution in [3.8, 4) is 11.1 Å². The summed E-state index contributed by atoms with van der Waals surface area (Å²) in [6, 6.07) is 24.3. The Labute approximate surface area is 194 Å². The third-order valence-corrected chi connectivity index (χ3v) is 7.39. The highest BCUT2D eigenvalue weighted by Crippen LogP contribution is 2.38. The fourth-order valence-electron chi connectivity index (χ4n) is 5.57. The predicted octanol–water partition coefficient (Wildman–Crippen LogP) is 6.15. The molecule has 1 amide bonds. The van der Waals surface area contributed by atoms with Crippen LogP contribution in [0.3, 0.4) is 0 Å². The lowest BCUT2D eigenvalue weighted by molar-refractivity contribution is 0.0816. The molecule has 1 aliphatic heterocycles. The van der Waals surface area contributed by atoms with Crippen LogP contribution in [-0.4, -0.2) is 22.8 Å². The molecule has 0 saturated carbocycles. The van der Waals surface area contributed by atoms with Gasteiger partial charge in [-0.2, -0.15) is 0 Å². The van der Waals surface area contributed by atoms with Crippen LogP contribution < -0.4 is 5.32 Å². The number of aromatic amines is 1. The lowest BCUT2D eigenvalue weighted by Gasteiger charge is -2.27. The van der Waals surface area contributed by atoms with E-state index in [-0.39, 0.29) is 5.91 Å². The molecule has 0 radical (unpaired) electrons. The van der Waals surface area contributed by atoms with Crippen molar-refractivity contribution in [2.24, 2.45) is 0 Å². The molecule has 0 saturated heterocycles. The van der Waals surface area contributed by atoms with Crippen LogP contribution in [0.25, 0.3) is 22.0 Å². The van der Waals surface area contributed by atoms with Crippen LogP contribution in [0.1, 0.15) is 64.6 Å². The van der Waals surface area contributed by atoms with E-state index in [9.17, 15) is 4.79 Å². The van der Waals surface area contributed by atoms with E-state index in [2.05, 4.69) is 84.0 Å². The van der Waals surface area contributed by atoms with Gasteiger partial charge < -0.3 is 15.2 Å². The van der Waals surface area contributed by atoms with Crippen LogP contribution in [0.4, 0.5) is 0 Å². The van der Waals surface area contributed by atoms with Gasteiger partial charge in [-0.25, -0.2) is 0 Å². The second-order valence-corrected chi connectivity index (χ2v) is 9.55. The molecule has 0 bridgehead atoms. The number of rotatable bonds is 4. The Hall–Kier alpha value is -3.37. The summed E-state index contributed by atoms with van der Waals surface area (Å²) in [6.07, 6.45) is 3.43. The summed E-state index contributed by atoms with van der Waals surface area (Å²) in [6.45, 7) is 2.95. The molecule has 2 aliphatic rings. The van der Waals surface area contributed by atoms with Gasteiger partial charge in [0.1, 0.15) is 0 Å². The molecule has 4 aromatic rings. The Bertz CT molecular complexity index is 1350. The molecule has 3 aromatic carbocycles. The number of carbonyl (C=O) groups is 1. The van der Waals surface area contributed by atoms with Gasteiger partial charge in [-0.1, -0.05) is 48.5 Å². The Morgan fingerprint density at radius 3 is 2.67 bits per heavy atom. The number of H-pyrrole nitrogens is 1. The summed E-state index contributed by atoms with van der Waals surface area (Å²) in [5.74, 6) is 0.119. The zero-order valence-electron chi connectivity index (χ0n) is 19.2. The van der Waals surface area contributed by atoms with Crippen molar-refractivity contribution in [3.63, 3.8) is 0 Å². The number of nitrogens with zero attached hydrogens (tertiary/aromatic N) is 1. The number of aryl methyl sites for hydroxylation is 1. The number of hydrogen-bond donors (Lipinski definition) is 2. The molecule has 1 aliphatic carbocycles. The predicted molar refractivity (Wildman–Crippen MR) is 133 cm³/mol. The minimum absolute atomic E-state index is 0.119. The topological polar surface area (TPSA) is 48.1 Å². The molecular formula is C29H29N3O. The molecule has 2 heterocycles. The van der Waals surface area contributed by atoms with E-state index in [0.717, 1.165) is 29.5 Å². The summed E-state index contributed by atoms with van der Waals surface area (Å²) in [4.78, 5) is 18.0. The second kappa shape index (κ2) is 7.89. The standard InChI is InChI=1S/C29H29N3O/c1-18(19-7-4-3-5-8-19)30-27-10-6-9-23-25-16-21(13-14-26(25)31-28(23)27)20-11-12-22-17-32(2)29(33)24(22)15-20/h3-5,7-8,11-16,18,27,30-31H,6,9-10,17H2,1-2H3/t18-,27-/m1/s1. The first-order chi connectivity index (χ1) is 16.1. The van der Waals surface area contributed by atoms with Gasteiger partial charge in [0, 0.05) is 47.8 Å². The van der Waals surface area contributed by atoms with Crippen molar-refractivity contribution in [1.29, 1.82) is 0 Å². The summed E-state index contributed by atoms with van der Waals surface area (Å²) in [7, 11) is 1.86. The van der Waals surface area contributed by atoms with Crippen LogP contribution in [0, 0.1) is 0 Å². The maximum absolute atomic E-state index is 12.5. The summed E-state index contributed by atoms with van der Waals surface area (Å²) >= 11 is 0. The molecule has 1 aromatic heterocycles. The first-order valence-corrected chi connectivity index (χ1v) is 11.9. The van der Waals surface area contributed by atoms with Crippen molar-refractivity contribution < 1.29 is 4.79 Å². The van der Waals surface area contributed by atoms with Gasteiger partial charge in [-0.05, 0) is 72.2 Å². The number of hydrogen-bond acceptors (Lipinski definition) is 2. The summed E-state index contributed by atoms with van der Waals surface area (Å²) in [5.41, 5.74) is 9.52. The molecule has 166 valence electrons. The van der Waals surface area contributed by atoms with Crippen LogP contribution in [-0.2, 0) is 13.0 Å². The lowest BCUT2D eigenvalue weighted by atomic mass is 9.90. The van der Waals surface area contributed by atoms with Crippen molar-refractivity contribution in [1.82, 2.24) is 15.2 Å². The number of amides is 1. The van der Waals surface area contributed by atoms with Crippen LogP contribution in [0.15, 0.2) is 66.7 Å². The number of aromatic nitrogens is 1. The molecular weight excluding hydrogens is 406 g/mol. The third kappa shape index (κ3) is 3.46. The maximum atomic E-state index is 12.5. The summed E-state index contributed by atoms with van der Waals surface area (Å²) in [5, 5.41) is 5.17. The first-order valence-electron chi connectivity index (χ1n) is 11.9. The van der Waals surface area contributed by atoms with Gasteiger partial charge in [0.2, 0.25) is 0 Å². The van der Waals surface area contributed by atoms with Gasteiger partial charge in [-0.15, -0.1) is 0 Å². The molecule has 0 fully saturated rings. The molecule has 2 atom stereocenters. The largest absolute Gasteiger partial charge is 0.357 e. The van der Waals surface area contributed by atoms with Crippen LogP contribution in [0.5, 0.6) is 0 Å². The fraction of sp³-hybridized carbons (Fsp3) is 0.276. The molecule has 4 heteroatoms. The van der Waals surface area contributed by atoms with Crippen LogP contribution in [0.2, 0.25) is 0 Å². The number of fused-ring (bicyclic) bond motifs is 4. The molecule has 6 rings (SSSR count). The highest BCUT2D eigenvalue weighted by atomic mass is 16.2. The van der Waals surface area contributed by atoms with Crippen molar-refractivity contribution in [2.45, 2.75) is 44.8 Å². The Morgan fingerprint density at radius 1 is 1.03 bits per heavy atom. The molecule has 2 N–H and O–H groups in total. The second-order valence-electron chi connectivity index (χ2n) is 9.55. The zero-order chi connectivity index (χ0) is 22.5. The average molecular weight is 436 g/mol. The van der Waals surface area contributed by atoms with E-state index >= 15 is 0 Å². The maximum Gasteiger partial charge on any atom is 0.254 e. The smallest absolute Gasteiger partial charge is 0.254 e. The van der Waals surface area contributed by atoms with Gasteiger partial charge in [-0.3, -0.25) is 4.79 Å². The highest BCUT2D eigenvalue weighted by Gasteiger charge is 2.27. The number of benzene rings is 3. The van der Waals surface area contributed by atoms with Crippen molar-refractivity contribution in [2.75, 3.05) is 7.05 Å². The van der Waals surface area contributed by atoms with E-state index in [4.69, 9.17) is 0 Å². The van der Waals surface area contributed by atoms with Gasteiger partial charge in [0.25, 0.3) is 5.91 Å². The Morgan fingerprint density at radius 2 is 1.82 bits per heavy atom. The van der Waals surface area contributed by atoms with E-state index < -0.39 is 0 Å². The first kappa shape index (κ1) is 20.3. The molecule has 0 unspecified atom stereocenters. The third-order valence-electron chi connectivity index (χ3n) is 7.39. The Balaban J connectivity index is 1.34. The molecule has 0 spiro atoms. The zero-order valence-corrected chi connectivity index (χ0v) is 19.2. The average Bonchev–Trinajstić information content (AvgIpc) is 3.36. The van der Waals surface area contributed by atoms with Crippen LogP contribution >= 0.6 is 0 Å². The minimum atomic E-state index is 0.119. The van der Waals surface area contributed by atoms with Crippen molar-refractivity contribution in [3.05, 3.63) is 94.7 Å².